The summed E-state index contributed by atoms with van der Waals surface area (Å²) in [7, 11) is 0. The van der Waals surface area contributed by atoms with E-state index in [1.54, 1.807) is 30.7 Å². The SMILES string of the molecule is OCCNC(O)Nc1ccc2cnc(Nc3ccncc3)nc2n1. The predicted octanol–water partition coefficient (Wildman–Crippen LogP) is 0.433. The molecule has 124 valence electrons. The Kier molecular flexibility index (Phi) is 5.06. The van der Waals surface area contributed by atoms with Crippen LogP contribution in [0.2, 0.25) is 0 Å². The number of aliphatic hydroxyl groups excluding tert-OH is 2. The second-order valence-corrected chi connectivity index (χ2v) is 4.89. The zero-order valence-corrected chi connectivity index (χ0v) is 12.7. The molecule has 3 heterocycles. The standard InChI is InChI=1S/C15H17N7O2/c23-8-7-17-15(24)21-12-2-1-10-9-18-14(22-13(10)20-12)19-11-3-5-16-6-4-11/h1-6,9,15,17,23-24H,7-8H2,(H2,16,18,19,20,21,22). The van der Waals surface area contributed by atoms with Crippen LogP contribution in [0.4, 0.5) is 17.5 Å². The molecule has 9 heteroatoms. The second-order valence-electron chi connectivity index (χ2n) is 4.89. The van der Waals surface area contributed by atoms with Gasteiger partial charge in [-0.25, -0.2) is 9.97 Å². The van der Waals surface area contributed by atoms with Crippen molar-refractivity contribution in [3.63, 3.8) is 0 Å². The van der Waals surface area contributed by atoms with E-state index in [9.17, 15) is 5.11 Å². The molecule has 0 bridgehead atoms. The van der Waals surface area contributed by atoms with Crippen LogP contribution in [0, 0.1) is 0 Å². The van der Waals surface area contributed by atoms with E-state index in [2.05, 4.69) is 35.9 Å². The predicted molar refractivity (Wildman–Crippen MR) is 89.6 cm³/mol. The summed E-state index contributed by atoms with van der Waals surface area (Å²) < 4.78 is 0. The molecule has 0 aliphatic heterocycles. The van der Waals surface area contributed by atoms with Crippen LogP contribution in [0.3, 0.4) is 0 Å². The number of anilines is 3. The highest BCUT2D eigenvalue weighted by atomic mass is 16.3. The fraction of sp³-hybridized carbons (Fsp3) is 0.200. The summed E-state index contributed by atoms with van der Waals surface area (Å²) in [6.07, 6.45) is 4.00. The minimum Gasteiger partial charge on any atom is -0.395 e. The fourth-order valence-electron chi connectivity index (χ4n) is 2.01. The minimum absolute atomic E-state index is 0.0683. The number of aliphatic hydroxyl groups is 2. The van der Waals surface area contributed by atoms with E-state index in [0.717, 1.165) is 11.1 Å². The third-order valence-corrected chi connectivity index (χ3v) is 3.11. The number of hydrogen-bond acceptors (Lipinski definition) is 9. The lowest BCUT2D eigenvalue weighted by Crippen LogP contribution is -2.37. The number of rotatable bonds is 7. The molecular formula is C15H17N7O2. The van der Waals surface area contributed by atoms with Crippen molar-refractivity contribution in [3.05, 3.63) is 42.9 Å². The van der Waals surface area contributed by atoms with E-state index >= 15 is 0 Å². The van der Waals surface area contributed by atoms with Crippen molar-refractivity contribution in [2.75, 3.05) is 23.8 Å². The highest BCUT2D eigenvalue weighted by Crippen LogP contribution is 2.16. The fourth-order valence-corrected chi connectivity index (χ4v) is 2.01. The Morgan fingerprint density at radius 3 is 2.71 bits per heavy atom. The first-order valence-electron chi connectivity index (χ1n) is 7.34. The number of nitrogens with one attached hydrogen (secondary N) is 3. The van der Waals surface area contributed by atoms with Gasteiger partial charge in [-0.05, 0) is 24.3 Å². The smallest absolute Gasteiger partial charge is 0.229 e. The maximum absolute atomic E-state index is 9.73. The molecule has 0 radical (unpaired) electrons. The van der Waals surface area contributed by atoms with E-state index < -0.39 is 6.35 Å². The first kappa shape index (κ1) is 16.0. The lowest BCUT2D eigenvalue weighted by atomic mass is 10.3. The van der Waals surface area contributed by atoms with Crippen LogP contribution < -0.4 is 16.0 Å². The summed E-state index contributed by atoms with van der Waals surface area (Å²) in [6, 6.07) is 7.13. The van der Waals surface area contributed by atoms with Crippen molar-refractivity contribution in [1.82, 2.24) is 25.3 Å². The summed E-state index contributed by atoms with van der Waals surface area (Å²) in [5, 5.41) is 27.8. The lowest BCUT2D eigenvalue weighted by molar-refractivity contribution is 0.153. The molecule has 9 nitrogen and oxygen atoms in total. The summed E-state index contributed by atoms with van der Waals surface area (Å²) in [4.78, 5) is 16.9. The summed E-state index contributed by atoms with van der Waals surface area (Å²) in [5.41, 5.74) is 1.31. The van der Waals surface area contributed by atoms with Crippen molar-refractivity contribution >= 4 is 28.5 Å². The number of pyridine rings is 2. The third kappa shape index (κ3) is 4.10. The second kappa shape index (κ2) is 7.59. The van der Waals surface area contributed by atoms with Crippen LogP contribution in [-0.4, -0.2) is 49.7 Å². The maximum atomic E-state index is 9.73. The Morgan fingerprint density at radius 1 is 1.08 bits per heavy atom. The molecule has 1 atom stereocenters. The van der Waals surface area contributed by atoms with Gasteiger partial charge in [0.05, 0.1) is 6.61 Å². The van der Waals surface area contributed by atoms with Crippen LogP contribution >= 0.6 is 0 Å². The van der Waals surface area contributed by atoms with Crippen molar-refractivity contribution in [2.24, 2.45) is 0 Å². The molecule has 0 aromatic carbocycles. The highest BCUT2D eigenvalue weighted by molar-refractivity contribution is 5.77. The zero-order valence-electron chi connectivity index (χ0n) is 12.7. The molecule has 0 spiro atoms. The largest absolute Gasteiger partial charge is 0.395 e. The van der Waals surface area contributed by atoms with Crippen molar-refractivity contribution < 1.29 is 10.2 Å². The van der Waals surface area contributed by atoms with Gasteiger partial charge in [-0.3, -0.25) is 10.3 Å². The average molecular weight is 327 g/mol. The molecule has 5 N–H and O–H groups in total. The molecule has 0 amide bonds. The van der Waals surface area contributed by atoms with Gasteiger partial charge in [0.2, 0.25) is 5.95 Å². The topological polar surface area (TPSA) is 128 Å². The molecule has 0 aliphatic carbocycles. The van der Waals surface area contributed by atoms with Gasteiger partial charge in [-0.2, -0.15) is 4.98 Å². The van der Waals surface area contributed by atoms with Crippen LogP contribution in [0.25, 0.3) is 11.0 Å². The van der Waals surface area contributed by atoms with Gasteiger partial charge >= 0.3 is 0 Å². The molecule has 0 aliphatic rings. The Labute approximate surface area is 137 Å². The van der Waals surface area contributed by atoms with Gasteiger partial charge in [0.15, 0.2) is 12.0 Å². The molecule has 1 unspecified atom stereocenters. The van der Waals surface area contributed by atoms with Crippen LogP contribution in [0.1, 0.15) is 0 Å². The maximum Gasteiger partial charge on any atom is 0.229 e. The van der Waals surface area contributed by atoms with Crippen molar-refractivity contribution in [2.45, 2.75) is 6.35 Å². The molecule has 0 fully saturated rings. The summed E-state index contributed by atoms with van der Waals surface area (Å²) in [6.45, 7) is 0.199. The zero-order chi connectivity index (χ0) is 16.8. The normalized spacial score (nSPS) is 12.1. The lowest BCUT2D eigenvalue weighted by Gasteiger charge is -2.14. The number of hydrogen-bond donors (Lipinski definition) is 5. The first-order chi connectivity index (χ1) is 11.7. The molecule has 0 saturated carbocycles. The molecule has 3 aromatic rings. The van der Waals surface area contributed by atoms with Crippen LogP contribution in [0.15, 0.2) is 42.9 Å². The van der Waals surface area contributed by atoms with Gasteiger partial charge in [0, 0.05) is 36.2 Å². The number of nitrogens with zero attached hydrogens (tertiary/aromatic N) is 4. The molecule has 24 heavy (non-hydrogen) atoms. The Balaban J connectivity index is 1.77. The Bertz CT molecular complexity index is 800. The molecular weight excluding hydrogens is 310 g/mol. The van der Waals surface area contributed by atoms with E-state index in [4.69, 9.17) is 5.11 Å². The third-order valence-electron chi connectivity index (χ3n) is 3.11. The quantitative estimate of drug-likeness (QED) is 0.392. The first-order valence-corrected chi connectivity index (χ1v) is 7.34. The summed E-state index contributed by atoms with van der Waals surface area (Å²) in [5.74, 6) is 0.867. The van der Waals surface area contributed by atoms with Crippen molar-refractivity contribution in [1.29, 1.82) is 0 Å². The monoisotopic (exact) mass is 327 g/mol. The Hall–Kier alpha value is -2.88. The molecule has 3 aromatic heterocycles. The van der Waals surface area contributed by atoms with Gasteiger partial charge in [0.1, 0.15) is 5.82 Å². The van der Waals surface area contributed by atoms with E-state index in [1.165, 1.54) is 0 Å². The molecule has 3 rings (SSSR count). The van der Waals surface area contributed by atoms with E-state index in [0.29, 0.717) is 17.4 Å². The van der Waals surface area contributed by atoms with Crippen molar-refractivity contribution in [3.8, 4) is 0 Å². The van der Waals surface area contributed by atoms with Crippen LogP contribution in [-0.2, 0) is 0 Å². The number of fused-ring (bicyclic) bond motifs is 1. The Morgan fingerprint density at radius 2 is 1.92 bits per heavy atom. The van der Waals surface area contributed by atoms with E-state index in [-0.39, 0.29) is 13.2 Å². The highest BCUT2D eigenvalue weighted by Gasteiger charge is 2.06. The van der Waals surface area contributed by atoms with Gasteiger partial charge < -0.3 is 20.8 Å². The van der Waals surface area contributed by atoms with E-state index in [1.807, 2.05) is 12.1 Å². The van der Waals surface area contributed by atoms with Crippen LogP contribution in [0.5, 0.6) is 0 Å². The van der Waals surface area contributed by atoms with Gasteiger partial charge in [-0.15, -0.1) is 0 Å². The number of aromatic nitrogens is 4. The molecule has 0 saturated heterocycles. The van der Waals surface area contributed by atoms with Gasteiger partial charge in [0.25, 0.3) is 0 Å². The minimum atomic E-state index is -1.02. The average Bonchev–Trinajstić information content (AvgIpc) is 2.60. The summed E-state index contributed by atoms with van der Waals surface area (Å²) >= 11 is 0. The van der Waals surface area contributed by atoms with Gasteiger partial charge in [-0.1, -0.05) is 0 Å².